The number of nitrogens with zero attached hydrogens (tertiary/aromatic N) is 1. The summed E-state index contributed by atoms with van der Waals surface area (Å²) in [6.07, 6.45) is 0. The summed E-state index contributed by atoms with van der Waals surface area (Å²) in [6, 6.07) is 12.6. The van der Waals surface area contributed by atoms with Crippen LogP contribution in [0.25, 0.3) is 0 Å². The van der Waals surface area contributed by atoms with Crippen LogP contribution in [0.3, 0.4) is 0 Å². The molecule has 0 aliphatic rings. The Labute approximate surface area is 178 Å². The summed E-state index contributed by atoms with van der Waals surface area (Å²) in [4.78, 5) is 24.2. The van der Waals surface area contributed by atoms with Gasteiger partial charge >= 0.3 is 5.97 Å². The summed E-state index contributed by atoms with van der Waals surface area (Å²) in [5.41, 5.74) is 1.57. The molecule has 0 bridgehead atoms. The van der Waals surface area contributed by atoms with Crippen LogP contribution in [0.1, 0.15) is 36.7 Å². The van der Waals surface area contributed by atoms with Crippen LogP contribution in [0.15, 0.2) is 53.4 Å². The molecule has 0 aliphatic carbocycles. The van der Waals surface area contributed by atoms with Crippen LogP contribution < -0.4 is 9.62 Å². The standard InChI is InChI=1S/C22H28N2O5S/c1-15(2)17(4)23-21(25)14-29-22(26)18-7-6-8-20(13-18)30(27,28)24(5)19-11-9-16(3)10-12-19/h6-13,15,17H,14H2,1-5H3,(H,23,25)/t17-/m1/s1. The van der Waals surface area contributed by atoms with E-state index in [1.165, 1.54) is 31.3 Å². The Morgan fingerprint density at radius 1 is 1.07 bits per heavy atom. The number of anilines is 1. The number of hydrogen-bond donors (Lipinski definition) is 1. The van der Waals surface area contributed by atoms with Gasteiger partial charge in [-0.2, -0.15) is 0 Å². The quantitative estimate of drug-likeness (QED) is 0.647. The van der Waals surface area contributed by atoms with Crippen molar-refractivity contribution < 1.29 is 22.7 Å². The van der Waals surface area contributed by atoms with E-state index in [-0.39, 0.29) is 22.4 Å². The SMILES string of the molecule is Cc1ccc(N(C)S(=O)(=O)c2cccc(C(=O)OCC(=O)N[C@H](C)C(C)C)c2)cc1. The maximum absolute atomic E-state index is 13.0. The van der Waals surface area contributed by atoms with Crippen molar-refractivity contribution in [2.75, 3.05) is 18.0 Å². The van der Waals surface area contributed by atoms with Gasteiger partial charge in [0.05, 0.1) is 16.1 Å². The van der Waals surface area contributed by atoms with Crippen molar-refractivity contribution in [1.29, 1.82) is 0 Å². The van der Waals surface area contributed by atoms with Crippen LogP contribution >= 0.6 is 0 Å². The normalized spacial score (nSPS) is 12.3. The minimum absolute atomic E-state index is 0.0436. The van der Waals surface area contributed by atoms with Crippen LogP contribution in [0.2, 0.25) is 0 Å². The van der Waals surface area contributed by atoms with Crippen molar-refractivity contribution in [2.24, 2.45) is 5.92 Å². The highest BCUT2D eigenvalue weighted by atomic mass is 32.2. The predicted molar refractivity (Wildman–Crippen MR) is 116 cm³/mol. The number of carbonyl (C=O) groups is 2. The van der Waals surface area contributed by atoms with Crippen molar-refractivity contribution in [3.05, 3.63) is 59.7 Å². The number of carbonyl (C=O) groups excluding carboxylic acids is 2. The average molecular weight is 433 g/mol. The second-order valence-electron chi connectivity index (χ2n) is 7.51. The lowest BCUT2D eigenvalue weighted by Gasteiger charge is -2.20. The molecule has 0 spiro atoms. The van der Waals surface area contributed by atoms with Gasteiger partial charge in [0.1, 0.15) is 0 Å². The third-order valence-electron chi connectivity index (χ3n) is 4.85. The molecule has 0 radical (unpaired) electrons. The summed E-state index contributed by atoms with van der Waals surface area (Å²) in [5, 5.41) is 2.74. The van der Waals surface area contributed by atoms with Crippen LogP contribution in [0, 0.1) is 12.8 Å². The molecule has 2 rings (SSSR count). The molecule has 0 fully saturated rings. The number of rotatable bonds is 8. The molecule has 8 heteroatoms. The van der Waals surface area contributed by atoms with Gasteiger partial charge in [0, 0.05) is 13.1 Å². The van der Waals surface area contributed by atoms with E-state index >= 15 is 0 Å². The smallest absolute Gasteiger partial charge is 0.338 e. The van der Waals surface area contributed by atoms with Crippen molar-refractivity contribution in [1.82, 2.24) is 5.32 Å². The van der Waals surface area contributed by atoms with E-state index < -0.39 is 28.5 Å². The fraction of sp³-hybridized carbons (Fsp3) is 0.364. The largest absolute Gasteiger partial charge is 0.452 e. The molecule has 0 heterocycles. The highest BCUT2D eigenvalue weighted by molar-refractivity contribution is 7.92. The lowest BCUT2D eigenvalue weighted by molar-refractivity contribution is -0.125. The summed E-state index contributed by atoms with van der Waals surface area (Å²) in [5.74, 6) is -0.929. The molecular weight excluding hydrogens is 404 g/mol. The van der Waals surface area contributed by atoms with Crippen molar-refractivity contribution in [3.63, 3.8) is 0 Å². The van der Waals surface area contributed by atoms with E-state index in [4.69, 9.17) is 4.74 Å². The number of ether oxygens (including phenoxy) is 1. The van der Waals surface area contributed by atoms with Gasteiger partial charge < -0.3 is 10.1 Å². The van der Waals surface area contributed by atoms with Crippen LogP contribution in [-0.4, -0.2) is 40.0 Å². The fourth-order valence-corrected chi connectivity index (χ4v) is 3.75. The van der Waals surface area contributed by atoms with E-state index in [0.717, 1.165) is 9.87 Å². The summed E-state index contributed by atoms with van der Waals surface area (Å²) in [7, 11) is -2.42. The molecule has 2 aromatic rings. The van der Waals surface area contributed by atoms with Crippen molar-refractivity contribution in [3.8, 4) is 0 Å². The zero-order chi connectivity index (χ0) is 22.5. The highest BCUT2D eigenvalue weighted by Crippen LogP contribution is 2.23. The Balaban J connectivity index is 2.12. The van der Waals surface area contributed by atoms with Crippen LogP contribution in [-0.2, 0) is 19.6 Å². The first kappa shape index (κ1) is 23.4. The molecule has 0 aliphatic heterocycles. The van der Waals surface area contributed by atoms with E-state index in [9.17, 15) is 18.0 Å². The topological polar surface area (TPSA) is 92.8 Å². The third kappa shape index (κ3) is 5.82. The molecule has 1 amide bonds. The maximum atomic E-state index is 13.0. The van der Waals surface area contributed by atoms with Crippen LogP contribution in [0.5, 0.6) is 0 Å². The van der Waals surface area contributed by atoms with E-state index in [1.54, 1.807) is 12.1 Å². The first-order valence-electron chi connectivity index (χ1n) is 9.64. The molecule has 0 saturated heterocycles. The molecule has 0 unspecified atom stereocenters. The molecule has 30 heavy (non-hydrogen) atoms. The van der Waals surface area contributed by atoms with Gasteiger partial charge in [-0.25, -0.2) is 13.2 Å². The van der Waals surface area contributed by atoms with Gasteiger partial charge in [0.25, 0.3) is 15.9 Å². The first-order chi connectivity index (χ1) is 14.0. The van der Waals surface area contributed by atoms with Gasteiger partial charge in [-0.05, 0) is 50.1 Å². The van der Waals surface area contributed by atoms with Gasteiger partial charge in [0.2, 0.25) is 0 Å². The molecule has 162 valence electrons. The average Bonchev–Trinajstić information content (AvgIpc) is 2.72. The summed E-state index contributed by atoms with van der Waals surface area (Å²) >= 11 is 0. The number of aryl methyl sites for hydroxylation is 1. The highest BCUT2D eigenvalue weighted by Gasteiger charge is 2.23. The number of nitrogens with one attached hydrogen (secondary N) is 1. The molecule has 0 saturated carbocycles. The zero-order valence-electron chi connectivity index (χ0n) is 17.9. The van der Waals surface area contributed by atoms with E-state index in [1.807, 2.05) is 39.8 Å². The molecule has 2 aromatic carbocycles. The van der Waals surface area contributed by atoms with Gasteiger partial charge in [-0.3, -0.25) is 9.10 Å². The molecule has 1 atom stereocenters. The van der Waals surface area contributed by atoms with Gasteiger partial charge in [-0.15, -0.1) is 0 Å². The van der Waals surface area contributed by atoms with Gasteiger partial charge in [-0.1, -0.05) is 37.6 Å². The third-order valence-corrected chi connectivity index (χ3v) is 6.63. The van der Waals surface area contributed by atoms with Crippen molar-refractivity contribution >= 4 is 27.6 Å². The molecular formula is C22H28N2O5S. The maximum Gasteiger partial charge on any atom is 0.338 e. The second-order valence-corrected chi connectivity index (χ2v) is 9.48. The minimum atomic E-state index is -3.87. The first-order valence-corrected chi connectivity index (χ1v) is 11.1. The lowest BCUT2D eigenvalue weighted by Crippen LogP contribution is -2.38. The summed E-state index contributed by atoms with van der Waals surface area (Å²) < 4.78 is 32.1. The molecule has 0 aromatic heterocycles. The summed E-state index contributed by atoms with van der Waals surface area (Å²) in [6.45, 7) is 7.28. The number of hydrogen-bond acceptors (Lipinski definition) is 5. The molecule has 7 nitrogen and oxygen atoms in total. The second kappa shape index (κ2) is 9.75. The Morgan fingerprint density at radius 2 is 1.70 bits per heavy atom. The number of amides is 1. The predicted octanol–water partition coefficient (Wildman–Crippen LogP) is 3.14. The lowest BCUT2D eigenvalue weighted by atomic mass is 10.1. The number of benzene rings is 2. The number of sulfonamides is 1. The van der Waals surface area contributed by atoms with Crippen molar-refractivity contribution in [2.45, 2.75) is 38.6 Å². The zero-order valence-corrected chi connectivity index (χ0v) is 18.7. The van der Waals surface area contributed by atoms with Gasteiger partial charge in [0.15, 0.2) is 6.61 Å². The minimum Gasteiger partial charge on any atom is -0.452 e. The number of esters is 1. The Bertz CT molecular complexity index is 1000. The Kier molecular flexibility index (Phi) is 7.61. The molecule has 1 N–H and O–H groups in total. The van der Waals surface area contributed by atoms with E-state index in [2.05, 4.69) is 5.32 Å². The van der Waals surface area contributed by atoms with Crippen LogP contribution in [0.4, 0.5) is 5.69 Å². The fourth-order valence-electron chi connectivity index (χ4n) is 2.51. The monoisotopic (exact) mass is 432 g/mol. The Morgan fingerprint density at radius 3 is 2.30 bits per heavy atom. The van der Waals surface area contributed by atoms with E-state index in [0.29, 0.717) is 5.69 Å². The Hall–Kier alpha value is -2.87.